The molecular weight excluding hydrogens is 254 g/mol. The second-order valence-corrected chi connectivity index (χ2v) is 6.03. The lowest BCUT2D eigenvalue weighted by molar-refractivity contribution is 0.556. The summed E-state index contributed by atoms with van der Waals surface area (Å²) in [5.41, 5.74) is 2.29. The van der Waals surface area contributed by atoms with Crippen molar-refractivity contribution in [1.82, 2.24) is 0 Å². The van der Waals surface area contributed by atoms with Crippen LogP contribution < -0.4 is 5.32 Å². The molecule has 0 fully saturated rings. The Kier molecular flexibility index (Phi) is 10.6. The van der Waals surface area contributed by atoms with Crippen molar-refractivity contribution in [3.8, 4) is 0 Å². The lowest BCUT2D eigenvalue weighted by Crippen LogP contribution is -1.97. The van der Waals surface area contributed by atoms with Crippen LogP contribution in [0.1, 0.15) is 77.6 Å². The number of allylic oxidation sites excluding steroid dienone is 1. The number of para-hydroxylation sites is 1. The van der Waals surface area contributed by atoms with E-state index in [0.29, 0.717) is 0 Å². The first-order valence-electron chi connectivity index (χ1n) is 8.82. The number of benzene rings is 1. The predicted molar refractivity (Wildman–Crippen MR) is 95.7 cm³/mol. The van der Waals surface area contributed by atoms with Gasteiger partial charge in [-0.05, 0) is 25.0 Å². The third-order valence-electron chi connectivity index (χ3n) is 3.93. The van der Waals surface area contributed by atoms with Gasteiger partial charge in [-0.2, -0.15) is 0 Å². The zero-order valence-electron chi connectivity index (χ0n) is 13.9. The lowest BCUT2D eigenvalue weighted by Gasteiger charge is -2.09. The Hall–Kier alpha value is -1.24. The van der Waals surface area contributed by atoms with Crippen LogP contribution in [0.25, 0.3) is 0 Å². The summed E-state index contributed by atoms with van der Waals surface area (Å²) < 4.78 is 0. The standard InChI is InChI=1S/C20H33N/c1-3-4-5-6-7-8-9-10-11-13-16-19(2)21-20-17-14-12-15-18-20/h12,14-15,17-18,21H,2-11,13,16H2,1H3. The summed E-state index contributed by atoms with van der Waals surface area (Å²) in [6, 6.07) is 10.3. The summed E-state index contributed by atoms with van der Waals surface area (Å²) in [6.45, 7) is 6.39. The van der Waals surface area contributed by atoms with E-state index in [0.717, 1.165) is 17.8 Å². The Labute approximate surface area is 131 Å². The highest BCUT2D eigenvalue weighted by atomic mass is 14.9. The normalized spacial score (nSPS) is 10.5. The largest absolute Gasteiger partial charge is 0.359 e. The van der Waals surface area contributed by atoms with E-state index in [4.69, 9.17) is 0 Å². The van der Waals surface area contributed by atoms with Gasteiger partial charge < -0.3 is 5.32 Å². The summed E-state index contributed by atoms with van der Waals surface area (Å²) in [7, 11) is 0. The topological polar surface area (TPSA) is 12.0 Å². The highest BCUT2D eigenvalue weighted by Gasteiger charge is 1.96. The first-order valence-corrected chi connectivity index (χ1v) is 8.82. The van der Waals surface area contributed by atoms with Crippen LogP contribution in [-0.4, -0.2) is 0 Å². The van der Waals surface area contributed by atoms with E-state index < -0.39 is 0 Å². The molecule has 1 aromatic rings. The molecule has 21 heavy (non-hydrogen) atoms. The summed E-state index contributed by atoms with van der Waals surface area (Å²) in [5, 5.41) is 3.38. The van der Waals surface area contributed by atoms with Crippen molar-refractivity contribution in [1.29, 1.82) is 0 Å². The highest BCUT2D eigenvalue weighted by molar-refractivity contribution is 5.47. The van der Waals surface area contributed by atoms with E-state index in [-0.39, 0.29) is 0 Å². The van der Waals surface area contributed by atoms with Gasteiger partial charge in [0.2, 0.25) is 0 Å². The van der Waals surface area contributed by atoms with Gasteiger partial charge >= 0.3 is 0 Å². The summed E-state index contributed by atoms with van der Waals surface area (Å²) >= 11 is 0. The Morgan fingerprint density at radius 2 is 1.33 bits per heavy atom. The molecule has 1 rings (SSSR count). The second kappa shape index (κ2) is 12.5. The molecule has 0 atom stereocenters. The maximum atomic E-state index is 4.11. The molecule has 0 saturated heterocycles. The van der Waals surface area contributed by atoms with E-state index in [9.17, 15) is 0 Å². The number of rotatable bonds is 13. The number of hydrogen-bond donors (Lipinski definition) is 1. The number of hydrogen-bond acceptors (Lipinski definition) is 1. The van der Waals surface area contributed by atoms with Crippen molar-refractivity contribution < 1.29 is 0 Å². The van der Waals surface area contributed by atoms with Crippen LogP contribution in [0.2, 0.25) is 0 Å². The lowest BCUT2D eigenvalue weighted by atomic mass is 10.1. The van der Waals surface area contributed by atoms with Crippen molar-refractivity contribution in [2.45, 2.75) is 77.6 Å². The fraction of sp³-hybridized carbons (Fsp3) is 0.600. The van der Waals surface area contributed by atoms with Gasteiger partial charge in [-0.3, -0.25) is 0 Å². The van der Waals surface area contributed by atoms with Crippen LogP contribution in [0.3, 0.4) is 0 Å². The average molecular weight is 287 g/mol. The Morgan fingerprint density at radius 3 is 1.90 bits per heavy atom. The zero-order valence-corrected chi connectivity index (χ0v) is 13.9. The molecule has 0 bridgehead atoms. The molecule has 0 aromatic heterocycles. The molecule has 1 heteroatoms. The molecule has 0 aliphatic rings. The molecule has 0 heterocycles. The quantitative estimate of drug-likeness (QED) is 0.388. The molecule has 118 valence electrons. The Balaban J connectivity index is 1.89. The zero-order chi connectivity index (χ0) is 15.2. The molecule has 0 aliphatic carbocycles. The molecule has 0 saturated carbocycles. The van der Waals surface area contributed by atoms with E-state index in [1.54, 1.807) is 0 Å². The number of nitrogens with one attached hydrogen (secondary N) is 1. The first-order chi connectivity index (χ1) is 10.3. The molecule has 0 spiro atoms. The SMILES string of the molecule is C=C(CCCCCCCCCCCC)Nc1ccccc1. The fourth-order valence-electron chi connectivity index (χ4n) is 2.61. The van der Waals surface area contributed by atoms with Gasteiger partial charge in [-0.25, -0.2) is 0 Å². The van der Waals surface area contributed by atoms with Crippen molar-refractivity contribution in [2.75, 3.05) is 5.32 Å². The monoisotopic (exact) mass is 287 g/mol. The van der Waals surface area contributed by atoms with E-state index in [1.807, 2.05) is 6.07 Å². The highest BCUT2D eigenvalue weighted by Crippen LogP contribution is 2.15. The van der Waals surface area contributed by atoms with Gasteiger partial charge in [0.25, 0.3) is 0 Å². The fourth-order valence-corrected chi connectivity index (χ4v) is 2.61. The van der Waals surface area contributed by atoms with Gasteiger partial charge in [0, 0.05) is 11.4 Å². The van der Waals surface area contributed by atoms with Gasteiger partial charge in [-0.15, -0.1) is 0 Å². The number of unbranched alkanes of at least 4 members (excludes halogenated alkanes) is 9. The van der Waals surface area contributed by atoms with Crippen molar-refractivity contribution in [3.63, 3.8) is 0 Å². The Morgan fingerprint density at radius 1 is 0.810 bits per heavy atom. The van der Waals surface area contributed by atoms with Gasteiger partial charge in [0.1, 0.15) is 0 Å². The van der Waals surface area contributed by atoms with Gasteiger partial charge in [-0.1, -0.05) is 89.5 Å². The maximum Gasteiger partial charge on any atom is 0.0381 e. The van der Waals surface area contributed by atoms with Crippen molar-refractivity contribution in [2.24, 2.45) is 0 Å². The minimum Gasteiger partial charge on any atom is -0.359 e. The smallest absolute Gasteiger partial charge is 0.0381 e. The predicted octanol–water partition coefficient (Wildman–Crippen LogP) is 6.92. The Bertz CT molecular complexity index is 355. The van der Waals surface area contributed by atoms with Gasteiger partial charge in [0.05, 0.1) is 0 Å². The molecule has 1 aromatic carbocycles. The number of anilines is 1. The summed E-state index contributed by atoms with van der Waals surface area (Å²) in [4.78, 5) is 0. The van der Waals surface area contributed by atoms with Crippen LogP contribution >= 0.6 is 0 Å². The molecule has 1 N–H and O–H groups in total. The van der Waals surface area contributed by atoms with Crippen LogP contribution in [-0.2, 0) is 0 Å². The van der Waals surface area contributed by atoms with E-state index in [2.05, 4.69) is 43.1 Å². The average Bonchev–Trinajstić information content (AvgIpc) is 2.50. The van der Waals surface area contributed by atoms with Crippen LogP contribution in [0.4, 0.5) is 5.69 Å². The maximum absolute atomic E-state index is 4.11. The van der Waals surface area contributed by atoms with Crippen molar-refractivity contribution in [3.05, 3.63) is 42.6 Å². The molecule has 0 amide bonds. The summed E-state index contributed by atoms with van der Waals surface area (Å²) in [5.74, 6) is 0. The molecular formula is C20H33N. The summed E-state index contributed by atoms with van der Waals surface area (Å²) in [6.07, 6.45) is 15.0. The minimum absolute atomic E-state index is 1.09. The third kappa shape index (κ3) is 10.2. The first kappa shape index (κ1) is 17.8. The van der Waals surface area contributed by atoms with Crippen LogP contribution in [0, 0.1) is 0 Å². The van der Waals surface area contributed by atoms with E-state index >= 15 is 0 Å². The third-order valence-corrected chi connectivity index (χ3v) is 3.93. The molecule has 0 aliphatic heterocycles. The van der Waals surface area contributed by atoms with Gasteiger partial charge in [0.15, 0.2) is 0 Å². The molecule has 0 unspecified atom stereocenters. The molecule has 0 radical (unpaired) electrons. The van der Waals surface area contributed by atoms with Crippen LogP contribution in [0.5, 0.6) is 0 Å². The minimum atomic E-state index is 1.09. The molecule has 1 nitrogen and oxygen atoms in total. The van der Waals surface area contributed by atoms with Crippen molar-refractivity contribution >= 4 is 5.69 Å². The second-order valence-electron chi connectivity index (χ2n) is 6.03. The van der Waals surface area contributed by atoms with E-state index in [1.165, 1.54) is 64.2 Å². The van der Waals surface area contributed by atoms with Crippen LogP contribution in [0.15, 0.2) is 42.6 Å².